The van der Waals surface area contributed by atoms with Crippen molar-refractivity contribution in [2.75, 3.05) is 13.1 Å². The first kappa shape index (κ1) is 11.0. The quantitative estimate of drug-likeness (QED) is 0.698. The lowest BCUT2D eigenvalue weighted by molar-refractivity contribution is 0.307. The number of rotatable bonds is 4. The van der Waals surface area contributed by atoms with Gasteiger partial charge in [0.15, 0.2) is 0 Å². The fourth-order valence-electron chi connectivity index (χ4n) is 2.09. The number of nitrogens with two attached hydrogens (primary N) is 1. The third kappa shape index (κ3) is 4.63. The first-order valence-corrected chi connectivity index (χ1v) is 5.64. The Morgan fingerprint density at radius 1 is 1.38 bits per heavy atom. The Morgan fingerprint density at radius 2 is 2.15 bits per heavy atom. The SMILES string of the molecule is CC(C)CNCC1CCCC(N)C1. The minimum absolute atomic E-state index is 0.472. The summed E-state index contributed by atoms with van der Waals surface area (Å²) < 4.78 is 0. The van der Waals surface area contributed by atoms with Gasteiger partial charge in [-0.2, -0.15) is 0 Å². The first-order valence-electron chi connectivity index (χ1n) is 5.64. The Labute approximate surface area is 82.3 Å². The zero-order valence-electron chi connectivity index (χ0n) is 9.05. The minimum Gasteiger partial charge on any atom is -0.328 e. The van der Waals surface area contributed by atoms with Gasteiger partial charge in [-0.3, -0.25) is 0 Å². The summed E-state index contributed by atoms with van der Waals surface area (Å²) in [6.07, 6.45) is 5.17. The molecule has 2 nitrogen and oxygen atoms in total. The molecule has 1 aliphatic rings. The first-order chi connectivity index (χ1) is 6.18. The predicted molar refractivity (Wildman–Crippen MR) is 57.6 cm³/mol. The molecular formula is C11H24N2. The number of hydrogen-bond donors (Lipinski definition) is 2. The normalized spacial score (nSPS) is 29.5. The van der Waals surface area contributed by atoms with Crippen molar-refractivity contribution in [2.24, 2.45) is 17.6 Å². The Bertz CT molecular complexity index is 134. The van der Waals surface area contributed by atoms with Crippen molar-refractivity contribution in [3.8, 4) is 0 Å². The van der Waals surface area contributed by atoms with E-state index < -0.39 is 0 Å². The molecule has 0 aromatic heterocycles. The van der Waals surface area contributed by atoms with Crippen molar-refractivity contribution >= 4 is 0 Å². The summed E-state index contributed by atoms with van der Waals surface area (Å²) in [5.74, 6) is 1.60. The maximum absolute atomic E-state index is 5.93. The van der Waals surface area contributed by atoms with E-state index in [9.17, 15) is 0 Å². The van der Waals surface area contributed by atoms with Gasteiger partial charge in [0.05, 0.1) is 0 Å². The van der Waals surface area contributed by atoms with Crippen LogP contribution in [0.3, 0.4) is 0 Å². The second-order valence-corrected chi connectivity index (χ2v) is 4.84. The molecule has 0 spiro atoms. The van der Waals surface area contributed by atoms with Crippen molar-refractivity contribution in [3.05, 3.63) is 0 Å². The Morgan fingerprint density at radius 3 is 2.77 bits per heavy atom. The monoisotopic (exact) mass is 184 g/mol. The van der Waals surface area contributed by atoms with Crippen molar-refractivity contribution in [2.45, 2.75) is 45.6 Å². The van der Waals surface area contributed by atoms with Crippen LogP contribution in [0.2, 0.25) is 0 Å². The molecule has 0 amide bonds. The molecule has 0 aliphatic heterocycles. The van der Waals surface area contributed by atoms with Gasteiger partial charge in [0.1, 0.15) is 0 Å². The third-order valence-corrected chi connectivity index (χ3v) is 2.81. The average molecular weight is 184 g/mol. The molecule has 0 saturated heterocycles. The molecule has 2 atom stereocenters. The Balaban J connectivity index is 2.06. The molecule has 3 N–H and O–H groups in total. The van der Waals surface area contributed by atoms with E-state index in [4.69, 9.17) is 5.73 Å². The molecular weight excluding hydrogens is 160 g/mol. The molecule has 2 heteroatoms. The molecule has 1 rings (SSSR count). The van der Waals surface area contributed by atoms with Crippen LogP contribution < -0.4 is 11.1 Å². The highest BCUT2D eigenvalue weighted by molar-refractivity contribution is 4.76. The van der Waals surface area contributed by atoms with Gasteiger partial charge in [0.25, 0.3) is 0 Å². The summed E-state index contributed by atoms with van der Waals surface area (Å²) in [6, 6.07) is 0.472. The maximum Gasteiger partial charge on any atom is 0.00419 e. The lowest BCUT2D eigenvalue weighted by Gasteiger charge is -2.27. The molecule has 1 saturated carbocycles. The molecule has 0 heterocycles. The fraction of sp³-hybridized carbons (Fsp3) is 1.00. The smallest absolute Gasteiger partial charge is 0.00419 e. The van der Waals surface area contributed by atoms with E-state index in [0.717, 1.165) is 18.4 Å². The van der Waals surface area contributed by atoms with Crippen LogP contribution in [0.25, 0.3) is 0 Å². The standard InChI is InChI=1S/C11H24N2/c1-9(2)7-13-8-10-4-3-5-11(12)6-10/h9-11,13H,3-8,12H2,1-2H3. The summed E-state index contributed by atoms with van der Waals surface area (Å²) >= 11 is 0. The van der Waals surface area contributed by atoms with E-state index in [1.807, 2.05) is 0 Å². The zero-order chi connectivity index (χ0) is 9.68. The summed E-state index contributed by atoms with van der Waals surface area (Å²) in [7, 11) is 0. The zero-order valence-corrected chi connectivity index (χ0v) is 9.05. The van der Waals surface area contributed by atoms with Gasteiger partial charge >= 0.3 is 0 Å². The van der Waals surface area contributed by atoms with Crippen LogP contribution in [0.4, 0.5) is 0 Å². The molecule has 13 heavy (non-hydrogen) atoms. The van der Waals surface area contributed by atoms with E-state index >= 15 is 0 Å². The fourth-order valence-corrected chi connectivity index (χ4v) is 2.09. The second kappa shape index (κ2) is 5.61. The van der Waals surface area contributed by atoms with E-state index in [-0.39, 0.29) is 0 Å². The van der Waals surface area contributed by atoms with Gasteiger partial charge in [-0.1, -0.05) is 20.3 Å². The second-order valence-electron chi connectivity index (χ2n) is 4.84. The van der Waals surface area contributed by atoms with E-state index in [1.54, 1.807) is 0 Å². The summed E-state index contributed by atoms with van der Waals surface area (Å²) in [6.45, 7) is 6.82. The summed E-state index contributed by atoms with van der Waals surface area (Å²) in [4.78, 5) is 0. The van der Waals surface area contributed by atoms with E-state index in [1.165, 1.54) is 32.2 Å². The highest BCUT2D eigenvalue weighted by atomic mass is 14.9. The largest absolute Gasteiger partial charge is 0.328 e. The molecule has 2 unspecified atom stereocenters. The van der Waals surface area contributed by atoms with Crippen molar-refractivity contribution in [3.63, 3.8) is 0 Å². The lowest BCUT2D eigenvalue weighted by atomic mass is 9.86. The molecule has 0 aromatic rings. The van der Waals surface area contributed by atoms with Crippen LogP contribution in [0.5, 0.6) is 0 Å². The van der Waals surface area contributed by atoms with Gasteiger partial charge in [-0.05, 0) is 44.2 Å². The van der Waals surface area contributed by atoms with Crippen molar-refractivity contribution < 1.29 is 0 Å². The highest BCUT2D eigenvalue weighted by Gasteiger charge is 2.18. The maximum atomic E-state index is 5.93. The minimum atomic E-state index is 0.472. The van der Waals surface area contributed by atoms with Gasteiger partial charge in [0.2, 0.25) is 0 Å². The topological polar surface area (TPSA) is 38.0 Å². The van der Waals surface area contributed by atoms with Crippen molar-refractivity contribution in [1.82, 2.24) is 5.32 Å². The van der Waals surface area contributed by atoms with Crippen LogP contribution in [0, 0.1) is 11.8 Å². The molecule has 0 aromatic carbocycles. The Hall–Kier alpha value is -0.0800. The van der Waals surface area contributed by atoms with Gasteiger partial charge in [-0.15, -0.1) is 0 Å². The van der Waals surface area contributed by atoms with Crippen LogP contribution >= 0.6 is 0 Å². The average Bonchev–Trinajstić information content (AvgIpc) is 2.03. The molecule has 1 aliphatic carbocycles. The number of hydrogen-bond acceptors (Lipinski definition) is 2. The van der Waals surface area contributed by atoms with Crippen LogP contribution in [-0.2, 0) is 0 Å². The number of nitrogens with one attached hydrogen (secondary N) is 1. The lowest BCUT2D eigenvalue weighted by Crippen LogP contribution is -2.34. The van der Waals surface area contributed by atoms with Crippen molar-refractivity contribution in [1.29, 1.82) is 0 Å². The van der Waals surface area contributed by atoms with Gasteiger partial charge in [0, 0.05) is 6.04 Å². The molecule has 1 fully saturated rings. The van der Waals surface area contributed by atoms with Crippen LogP contribution in [-0.4, -0.2) is 19.1 Å². The summed E-state index contributed by atoms with van der Waals surface area (Å²) in [5.41, 5.74) is 5.93. The van der Waals surface area contributed by atoms with Crippen LogP contribution in [0.15, 0.2) is 0 Å². The summed E-state index contributed by atoms with van der Waals surface area (Å²) in [5, 5.41) is 3.52. The van der Waals surface area contributed by atoms with E-state index in [0.29, 0.717) is 6.04 Å². The van der Waals surface area contributed by atoms with Crippen LogP contribution in [0.1, 0.15) is 39.5 Å². The van der Waals surface area contributed by atoms with E-state index in [2.05, 4.69) is 19.2 Å². The molecule has 0 radical (unpaired) electrons. The molecule has 78 valence electrons. The predicted octanol–water partition coefficient (Wildman–Crippen LogP) is 1.75. The van der Waals surface area contributed by atoms with Gasteiger partial charge in [-0.25, -0.2) is 0 Å². The highest BCUT2D eigenvalue weighted by Crippen LogP contribution is 2.22. The Kier molecular flexibility index (Phi) is 4.74. The van der Waals surface area contributed by atoms with Gasteiger partial charge < -0.3 is 11.1 Å². The molecule has 0 bridgehead atoms. The third-order valence-electron chi connectivity index (χ3n) is 2.81.